The Morgan fingerprint density at radius 1 is 0.382 bits per heavy atom. The summed E-state index contributed by atoms with van der Waals surface area (Å²) in [5.41, 5.74) is 26.2. The zero-order valence-electron chi connectivity index (χ0n) is 44.9. The van der Waals surface area contributed by atoms with Crippen molar-refractivity contribution in [1.29, 1.82) is 0 Å². The van der Waals surface area contributed by atoms with E-state index in [0.29, 0.717) is 0 Å². The average molecular weight is 897 g/mol. The molecule has 2 nitrogen and oxygen atoms in total. The summed E-state index contributed by atoms with van der Waals surface area (Å²) in [6.07, 6.45) is 3.42. The summed E-state index contributed by atoms with van der Waals surface area (Å²) in [4.78, 5) is 5.39. The molecule has 2 aliphatic carbocycles. The normalized spacial score (nSPS) is 21.8. The fourth-order valence-corrected chi connectivity index (χ4v) is 14.4. The van der Waals surface area contributed by atoms with E-state index < -0.39 is 0 Å². The van der Waals surface area contributed by atoms with Crippen molar-refractivity contribution in [2.24, 2.45) is 0 Å². The van der Waals surface area contributed by atoms with Crippen LogP contribution in [0, 0.1) is 0 Å². The van der Waals surface area contributed by atoms with Crippen LogP contribution in [-0.2, 0) is 43.3 Å². The minimum Gasteiger partial charge on any atom is -0.311 e. The van der Waals surface area contributed by atoms with Gasteiger partial charge >= 0.3 is 0 Å². The van der Waals surface area contributed by atoms with E-state index in [4.69, 9.17) is 0 Å². The zero-order valence-corrected chi connectivity index (χ0v) is 44.9. The first-order valence-electron chi connectivity index (χ1n) is 25.9. The molecule has 0 saturated heterocycles. The Morgan fingerprint density at radius 3 is 1.47 bits per heavy atom. The van der Waals surface area contributed by atoms with Gasteiger partial charge in [-0.05, 0) is 178 Å². The molecule has 6 aromatic rings. The lowest BCUT2D eigenvalue weighted by Gasteiger charge is -2.46. The first kappa shape index (κ1) is 45.4. The molecule has 0 radical (unpaired) electrons. The van der Waals surface area contributed by atoms with E-state index in [-0.39, 0.29) is 50.0 Å². The molecule has 0 saturated carbocycles. The van der Waals surface area contributed by atoms with Crippen molar-refractivity contribution in [2.75, 3.05) is 9.80 Å². The van der Waals surface area contributed by atoms with Crippen molar-refractivity contribution >= 4 is 57.2 Å². The molecule has 6 aliphatic rings. The topological polar surface area (TPSA) is 6.48 Å². The summed E-state index contributed by atoms with van der Waals surface area (Å²) in [5, 5.41) is 0. The molecule has 0 N–H and O–H groups in total. The van der Waals surface area contributed by atoms with Gasteiger partial charge in [-0.3, -0.25) is 0 Å². The first-order valence-corrected chi connectivity index (χ1v) is 25.9. The van der Waals surface area contributed by atoms with Gasteiger partial charge in [-0.1, -0.05) is 179 Å². The molecule has 0 fully saturated rings. The summed E-state index contributed by atoms with van der Waals surface area (Å²) >= 11 is 0. The van der Waals surface area contributed by atoms with Crippen molar-refractivity contribution in [3.8, 4) is 11.1 Å². The minimum atomic E-state index is -0.110. The van der Waals surface area contributed by atoms with Crippen LogP contribution in [0.5, 0.6) is 0 Å². The lowest BCUT2D eigenvalue weighted by Crippen LogP contribution is -2.62. The van der Waals surface area contributed by atoms with Gasteiger partial charge in [0.2, 0.25) is 0 Å². The van der Waals surface area contributed by atoms with Crippen molar-refractivity contribution in [1.82, 2.24) is 0 Å². The Morgan fingerprint density at radius 2 is 0.882 bits per heavy atom. The minimum absolute atomic E-state index is 0.00247. The van der Waals surface area contributed by atoms with Crippen LogP contribution in [-0.4, -0.2) is 6.71 Å². The molecule has 68 heavy (non-hydrogen) atoms. The number of nitrogens with zero attached hydrogens (tertiary/aromatic N) is 2. The fourth-order valence-electron chi connectivity index (χ4n) is 14.4. The maximum Gasteiger partial charge on any atom is 0.252 e. The molecule has 0 aromatic heterocycles. The Balaban J connectivity index is 1.32. The van der Waals surface area contributed by atoms with Gasteiger partial charge in [0.05, 0.1) is 5.69 Å². The van der Waals surface area contributed by atoms with Crippen molar-refractivity contribution in [3.05, 3.63) is 148 Å². The Kier molecular flexibility index (Phi) is 9.26. The van der Waals surface area contributed by atoms with Crippen molar-refractivity contribution in [2.45, 2.75) is 187 Å². The Bertz CT molecular complexity index is 3120. The second-order valence-electron chi connectivity index (χ2n) is 28.2. The van der Waals surface area contributed by atoms with Gasteiger partial charge in [0.25, 0.3) is 6.71 Å². The number of benzene rings is 6. The Labute approximate surface area is 411 Å². The molecule has 2 unspecified atom stereocenters. The number of hydrogen-bond donors (Lipinski definition) is 0. The second-order valence-corrected chi connectivity index (χ2v) is 28.2. The summed E-state index contributed by atoms with van der Waals surface area (Å²) < 4.78 is 0. The molecular formula is C65H77BN2. The van der Waals surface area contributed by atoms with E-state index >= 15 is 0 Å². The lowest BCUT2D eigenvalue weighted by atomic mass is 9.33. The van der Waals surface area contributed by atoms with Crippen LogP contribution in [0.15, 0.2) is 103 Å². The molecular weight excluding hydrogens is 820 g/mol. The third-order valence-corrected chi connectivity index (χ3v) is 17.6. The third kappa shape index (κ3) is 6.63. The third-order valence-electron chi connectivity index (χ3n) is 17.6. The maximum atomic E-state index is 2.76. The first-order chi connectivity index (χ1) is 31.4. The molecule has 2 atom stereocenters. The SMILES string of the molecule is CC(C)(C)c1ccc(N2c3ccc(C(C)(C)C)cc3B3c4cc5c6cc4N(c4ccc(C(C)(C)C)cc4-c4ccc7c(c4)C(C)(C)CC7(C)CC6(C)CC5(C)C)c4cc(C(C)(C)C)cc2c43)cc1. The van der Waals surface area contributed by atoms with Gasteiger partial charge in [-0.15, -0.1) is 0 Å². The van der Waals surface area contributed by atoms with E-state index in [0.717, 1.165) is 19.3 Å². The van der Waals surface area contributed by atoms with E-state index in [1.807, 2.05) is 0 Å². The molecule has 6 bridgehead atoms. The van der Waals surface area contributed by atoms with Gasteiger partial charge in [-0.2, -0.15) is 0 Å². The van der Waals surface area contributed by atoms with Gasteiger partial charge in [0.1, 0.15) is 0 Å². The summed E-state index contributed by atoms with van der Waals surface area (Å²) in [6, 6.07) is 42.7. The van der Waals surface area contributed by atoms with Crippen molar-refractivity contribution < 1.29 is 0 Å². The number of rotatable bonds is 1. The summed E-state index contributed by atoms with van der Waals surface area (Å²) in [5.74, 6) is 0. The van der Waals surface area contributed by atoms with Crippen LogP contribution in [0.25, 0.3) is 11.1 Å². The predicted octanol–water partition coefficient (Wildman–Crippen LogP) is 15.9. The largest absolute Gasteiger partial charge is 0.311 e. The highest BCUT2D eigenvalue weighted by Gasteiger charge is 2.55. The van der Waals surface area contributed by atoms with Gasteiger partial charge in [0.15, 0.2) is 0 Å². The quantitative estimate of drug-likeness (QED) is 0.152. The van der Waals surface area contributed by atoms with Crippen LogP contribution in [0.2, 0.25) is 0 Å². The Hall–Kier alpha value is -5.02. The molecule has 350 valence electrons. The predicted molar refractivity (Wildman–Crippen MR) is 295 cm³/mol. The second kappa shape index (κ2) is 13.9. The van der Waals surface area contributed by atoms with E-state index in [1.165, 1.54) is 95.0 Å². The van der Waals surface area contributed by atoms with E-state index in [9.17, 15) is 0 Å². The summed E-state index contributed by atoms with van der Waals surface area (Å²) in [7, 11) is 0. The standard InChI is InChI=1S/C65H77BN2/c1-58(2,3)40-20-24-44(25-21-40)67-53-28-23-42(60(7,8)9)31-50(53)66-51-34-48-49-35-54(51)68(56-33-43(61(10,11)12)32-55(67)57(56)66)52-27-22-41(59(4,5)6)30-45(52)39-19-26-46-47(29-39)62(13,14)36-64(46,17)38-65(49,18)37-63(48,15)16/h19-35H,36-38H2,1-18H3. The van der Waals surface area contributed by atoms with Crippen LogP contribution in [0.3, 0.4) is 0 Å². The zero-order chi connectivity index (χ0) is 48.8. The highest BCUT2D eigenvalue weighted by Crippen LogP contribution is 2.61. The molecule has 0 spiro atoms. The van der Waals surface area contributed by atoms with Crippen LogP contribution in [0.4, 0.5) is 34.1 Å². The number of anilines is 6. The smallest absolute Gasteiger partial charge is 0.252 e. The van der Waals surface area contributed by atoms with Gasteiger partial charge < -0.3 is 9.80 Å². The lowest BCUT2D eigenvalue weighted by molar-refractivity contribution is 0.254. The van der Waals surface area contributed by atoms with Crippen LogP contribution in [0.1, 0.15) is 188 Å². The maximum absolute atomic E-state index is 2.76. The molecule has 6 aromatic carbocycles. The van der Waals surface area contributed by atoms with Crippen LogP contribution >= 0.6 is 0 Å². The van der Waals surface area contributed by atoms with E-state index in [2.05, 4.69) is 238 Å². The van der Waals surface area contributed by atoms with Gasteiger partial charge in [0, 0.05) is 34.0 Å². The monoisotopic (exact) mass is 897 g/mol. The summed E-state index contributed by atoms with van der Waals surface area (Å²) in [6.45, 7) is 43.8. The molecule has 3 heteroatoms. The van der Waals surface area contributed by atoms with Crippen LogP contribution < -0.4 is 26.2 Å². The highest BCUT2D eigenvalue weighted by atomic mass is 15.2. The fraction of sp³-hybridized carbons (Fsp3) is 0.446. The highest BCUT2D eigenvalue weighted by molar-refractivity contribution is 7.00. The number of fused-ring (bicyclic) bond motifs is 4. The molecule has 4 heterocycles. The van der Waals surface area contributed by atoms with Gasteiger partial charge in [-0.25, -0.2) is 0 Å². The molecule has 12 rings (SSSR count). The van der Waals surface area contributed by atoms with Crippen molar-refractivity contribution in [3.63, 3.8) is 0 Å². The number of hydrogen-bond acceptors (Lipinski definition) is 2. The molecule has 4 aliphatic heterocycles. The molecule has 0 amide bonds. The average Bonchev–Trinajstić information content (AvgIpc) is 3.55. The van der Waals surface area contributed by atoms with E-state index in [1.54, 1.807) is 11.1 Å².